The van der Waals surface area contributed by atoms with Gasteiger partial charge in [-0.2, -0.15) is 0 Å². The van der Waals surface area contributed by atoms with Crippen LogP contribution >= 0.6 is 0 Å². The number of hydrogen-bond donors (Lipinski definition) is 0. The Morgan fingerprint density at radius 2 is 1.38 bits per heavy atom. The van der Waals surface area contributed by atoms with Crippen molar-refractivity contribution in [3.8, 4) is 28.2 Å². The van der Waals surface area contributed by atoms with Gasteiger partial charge < -0.3 is 0 Å². The van der Waals surface area contributed by atoms with Crippen LogP contribution in [0.4, 0.5) is 0 Å². The predicted molar refractivity (Wildman–Crippen MR) is 121 cm³/mol. The first-order valence-electron chi connectivity index (χ1n) is 9.92. The maximum absolute atomic E-state index is 5.11. The number of aromatic nitrogens is 2. The van der Waals surface area contributed by atoms with Gasteiger partial charge in [0.25, 0.3) is 0 Å². The molecule has 0 saturated carbocycles. The van der Waals surface area contributed by atoms with Crippen LogP contribution < -0.4 is 0 Å². The zero-order valence-corrected chi connectivity index (χ0v) is 16.6. The zero-order chi connectivity index (χ0) is 19.8. The Kier molecular flexibility index (Phi) is 4.25. The maximum Gasteiger partial charge on any atom is 0.145 e. The molecular weight excluding hydrogens is 352 g/mol. The molecule has 0 amide bonds. The van der Waals surface area contributed by atoms with Crippen LogP contribution in [0.1, 0.15) is 11.1 Å². The molecule has 5 rings (SSSR count). The summed E-state index contributed by atoms with van der Waals surface area (Å²) < 4.78 is 2.27. The topological polar surface area (TPSA) is 17.8 Å². The van der Waals surface area contributed by atoms with Crippen LogP contribution in [0.25, 0.3) is 39.2 Å². The van der Waals surface area contributed by atoms with Crippen molar-refractivity contribution in [2.45, 2.75) is 13.8 Å². The highest BCUT2D eigenvalue weighted by atomic mass is 15.1. The van der Waals surface area contributed by atoms with Gasteiger partial charge in [-0.15, -0.1) is 0 Å². The van der Waals surface area contributed by atoms with E-state index < -0.39 is 0 Å². The fraction of sp³-hybridized carbons (Fsp3) is 0.0741. The molecule has 0 saturated heterocycles. The van der Waals surface area contributed by atoms with E-state index in [-0.39, 0.29) is 0 Å². The van der Waals surface area contributed by atoms with Crippen molar-refractivity contribution in [1.82, 2.24) is 9.55 Å². The summed E-state index contributed by atoms with van der Waals surface area (Å²) in [5, 5.41) is 0. The van der Waals surface area contributed by atoms with E-state index >= 15 is 0 Å². The SMILES string of the molecule is Cc1ccc(C)c(-c2nc3cc(-c4ccccc4)ccc3n2-c2ccccc2)c1. The Hall–Kier alpha value is -3.65. The Labute approximate surface area is 171 Å². The first-order chi connectivity index (χ1) is 14.2. The van der Waals surface area contributed by atoms with Gasteiger partial charge >= 0.3 is 0 Å². The molecule has 0 unspecified atom stereocenters. The van der Waals surface area contributed by atoms with Crippen LogP contribution in [0.2, 0.25) is 0 Å². The van der Waals surface area contributed by atoms with Crippen LogP contribution in [0.15, 0.2) is 97.1 Å². The lowest BCUT2D eigenvalue weighted by atomic mass is 10.0. The highest BCUT2D eigenvalue weighted by Crippen LogP contribution is 2.33. The number of aryl methyl sites for hydroxylation is 2. The third-order valence-electron chi connectivity index (χ3n) is 5.41. The molecule has 0 fully saturated rings. The number of rotatable bonds is 3. The molecular formula is C27H22N2. The van der Waals surface area contributed by atoms with Crippen molar-refractivity contribution < 1.29 is 0 Å². The van der Waals surface area contributed by atoms with Crippen molar-refractivity contribution in [2.24, 2.45) is 0 Å². The number of hydrogen-bond acceptors (Lipinski definition) is 1. The average molecular weight is 374 g/mol. The predicted octanol–water partition coefficient (Wildman–Crippen LogP) is 6.98. The van der Waals surface area contributed by atoms with E-state index in [1.165, 1.54) is 27.8 Å². The van der Waals surface area contributed by atoms with Crippen molar-refractivity contribution in [3.63, 3.8) is 0 Å². The summed E-state index contributed by atoms with van der Waals surface area (Å²) in [6.07, 6.45) is 0. The van der Waals surface area contributed by atoms with E-state index in [4.69, 9.17) is 4.98 Å². The Balaban J connectivity index is 1.80. The van der Waals surface area contributed by atoms with Crippen molar-refractivity contribution in [2.75, 3.05) is 0 Å². The summed E-state index contributed by atoms with van der Waals surface area (Å²) in [4.78, 5) is 5.11. The molecule has 0 radical (unpaired) electrons. The molecule has 0 atom stereocenters. The minimum Gasteiger partial charge on any atom is -0.292 e. The summed E-state index contributed by atoms with van der Waals surface area (Å²) in [5.74, 6) is 0.984. The highest BCUT2D eigenvalue weighted by Gasteiger charge is 2.16. The molecule has 0 bridgehead atoms. The van der Waals surface area contributed by atoms with Crippen LogP contribution in [0, 0.1) is 13.8 Å². The fourth-order valence-electron chi connectivity index (χ4n) is 3.89. The lowest BCUT2D eigenvalue weighted by Crippen LogP contribution is -1.98. The molecule has 0 aliphatic carbocycles. The van der Waals surface area contributed by atoms with Crippen molar-refractivity contribution in [1.29, 1.82) is 0 Å². The van der Waals surface area contributed by atoms with Crippen LogP contribution in [0.3, 0.4) is 0 Å². The summed E-state index contributed by atoms with van der Waals surface area (Å²) >= 11 is 0. The molecule has 2 nitrogen and oxygen atoms in total. The van der Waals surface area contributed by atoms with Gasteiger partial charge in [-0.05, 0) is 60.9 Å². The number of nitrogens with zero attached hydrogens (tertiary/aromatic N) is 2. The van der Waals surface area contributed by atoms with Crippen molar-refractivity contribution in [3.05, 3.63) is 108 Å². The van der Waals surface area contributed by atoms with E-state index in [9.17, 15) is 0 Å². The second kappa shape index (κ2) is 7.06. The quantitative estimate of drug-likeness (QED) is 0.333. The molecule has 0 aliphatic rings. The van der Waals surface area contributed by atoms with Gasteiger partial charge in [-0.1, -0.05) is 72.3 Å². The molecule has 5 aromatic rings. The molecule has 140 valence electrons. The summed E-state index contributed by atoms with van der Waals surface area (Å²) in [5.41, 5.74) is 9.27. The Bertz CT molecular complexity index is 1300. The smallest absolute Gasteiger partial charge is 0.145 e. The molecule has 0 spiro atoms. The largest absolute Gasteiger partial charge is 0.292 e. The number of benzene rings is 4. The lowest BCUT2D eigenvalue weighted by molar-refractivity contribution is 1.10. The Morgan fingerprint density at radius 3 is 2.14 bits per heavy atom. The van der Waals surface area contributed by atoms with Crippen LogP contribution in [-0.2, 0) is 0 Å². The summed E-state index contributed by atoms with van der Waals surface area (Å²) in [7, 11) is 0. The third-order valence-corrected chi connectivity index (χ3v) is 5.41. The minimum absolute atomic E-state index is 0.984. The van der Waals surface area contributed by atoms with Crippen molar-refractivity contribution >= 4 is 11.0 Å². The normalized spacial score (nSPS) is 11.1. The van der Waals surface area contributed by atoms with Gasteiger partial charge in [0.2, 0.25) is 0 Å². The summed E-state index contributed by atoms with van der Waals surface area (Å²) in [6, 6.07) is 34.1. The summed E-state index contributed by atoms with van der Waals surface area (Å²) in [6.45, 7) is 4.28. The number of imidazole rings is 1. The second-order valence-electron chi connectivity index (χ2n) is 7.49. The zero-order valence-electron chi connectivity index (χ0n) is 16.6. The van der Waals surface area contributed by atoms with Gasteiger partial charge in [0.1, 0.15) is 5.82 Å². The van der Waals surface area contributed by atoms with E-state index in [0.717, 1.165) is 22.5 Å². The van der Waals surface area contributed by atoms with E-state index in [1.54, 1.807) is 0 Å². The van der Waals surface area contributed by atoms with E-state index in [0.29, 0.717) is 0 Å². The molecule has 29 heavy (non-hydrogen) atoms. The first-order valence-corrected chi connectivity index (χ1v) is 9.92. The van der Waals surface area contributed by atoms with Gasteiger partial charge in [-0.3, -0.25) is 4.57 Å². The van der Waals surface area contributed by atoms with E-state index in [2.05, 4.69) is 103 Å². The average Bonchev–Trinajstić information content (AvgIpc) is 3.15. The minimum atomic E-state index is 0.984. The Morgan fingerprint density at radius 1 is 0.655 bits per heavy atom. The van der Waals surface area contributed by atoms with E-state index in [1.807, 2.05) is 12.1 Å². The molecule has 0 aliphatic heterocycles. The lowest BCUT2D eigenvalue weighted by Gasteiger charge is -2.12. The second-order valence-corrected chi connectivity index (χ2v) is 7.49. The van der Waals surface area contributed by atoms with Gasteiger partial charge in [0.05, 0.1) is 11.0 Å². The molecule has 0 N–H and O–H groups in total. The first kappa shape index (κ1) is 17.4. The standard InChI is InChI=1S/C27H22N2/c1-19-13-14-20(2)24(17-19)27-28-25-18-22(21-9-5-3-6-10-21)15-16-26(25)29(27)23-11-7-4-8-12-23/h3-18H,1-2H3. The molecule has 1 aromatic heterocycles. The maximum atomic E-state index is 5.11. The highest BCUT2D eigenvalue weighted by molar-refractivity contribution is 5.87. The molecule has 4 aromatic carbocycles. The van der Waals surface area contributed by atoms with Gasteiger partial charge in [0.15, 0.2) is 0 Å². The monoisotopic (exact) mass is 374 g/mol. The van der Waals surface area contributed by atoms with Gasteiger partial charge in [0, 0.05) is 11.3 Å². The fourth-order valence-corrected chi connectivity index (χ4v) is 3.89. The molecule has 1 heterocycles. The third kappa shape index (κ3) is 3.13. The van der Waals surface area contributed by atoms with Gasteiger partial charge in [-0.25, -0.2) is 4.98 Å². The number of fused-ring (bicyclic) bond motifs is 1. The number of para-hydroxylation sites is 1. The van der Waals surface area contributed by atoms with Crippen LogP contribution in [-0.4, -0.2) is 9.55 Å². The molecule has 2 heteroatoms. The van der Waals surface area contributed by atoms with Crippen LogP contribution in [0.5, 0.6) is 0 Å².